The molecule has 1 fully saturated rings. The zero-order valence-electron chi connectivity index (χ0n) is 18.1. The number of aromatic nitrogens is 1. The molecule has 1 aliphatic rings. The summed E-state index contributed by atoms with van der Waals surface area (Å²) in [6.07, 6.45) is 3.12. The smallest absolute Gasteiger partial charge is 0.253 e. The highest BCUT2D eigenvalue weighted by atomic mass is 32.1. The van der Waals surface area contributed by atoms with Gasteiger partial charge in [0.2, 0.25) is 0 Å². The van der Waals surface area contributed by atoms with E-state index in [4.69, 9.17) is 17.0 Å². The highest BCUT2D eigenvalue weighted by Gasteiger charge is 2.22. The molecule has 0 aliphatic carbocycles. The molecule has 0 amide bonds. The summed E-state index contributed by atoms with van der Waals surface area (Å²) in [5.41, 5.74) is 4.79. The minimum Gasteiger partial charge on any atom is -0.376 e. The maximum absolute atomic E-state index is 12.9. The molecule has 1 atom stereocenters. The second-order valence-electron chi connectivity index (χ2n) is 8.12. The monoisotopic (exact) mass is 435 g/mol. The van der Waals surface area contributed by atoms with E-state index in [0.717, 1.165) is 48.0 Å². The zero-order valence-corrected chi connectivity index (χ0v) is 18.9. The Kier molecular flexibility index (Phi) is 6.68. The molecule has 1 aromatic heterocycles. The summed E-state index contributed by atoms with van der Waals surface area (Å²) >= 11 is 5.81. The van der Waals surface area contributed by atoms with Gasteiger partial charge in [0.15, 0.2) is 5.11 Å². The van der Waals surface area contributed by atoms with Crippen LogP contribution in [-0.2, 0) is 17.7 Å². The molecule has 0 saturated carbocycles. The molecule has 4 rings (SSSR count). The Labute approximate surface area is 188 Å². The number of hydrogen-bond donors (Lipinski definition) is 2. The van der Waals surface area contributed by atoms with E-state index in [-0.39, 0.29) is 11.7 Å². The van der Waals surface area contributed by atoms with Crippen LogP contribution in [0.2, 0.25) is 0 Å². The predicted octanol–water partition coefficient (Wildman–Crippen LogP) is 4.78. The van der Waals surface area contributed by atoms with E-state index >= 15 is 0 Å². The number of H-pyrrole nitrogens is 1. The van der Waals surface area contributed by atoms with Crippen LogP contribution in [0.5, 0.6) is 0 Å². The number of para-hydroxylation sites is 2. The fourth-order valence-corrected chi connectivity index (χ4v) is 4.40. The van der Waals surface area contributed by atoms with E-state index in [2.05, 4.69) is 28.2 Å². The van der Waals surface area contributed by atoms with E-state index in [1.165, 1.54) is 5.56 Å². The number of pyridine rings is 1. The average molecular weight is 436 g/mol. The van der Waals surface area contributed by atoms with Crippen molar-refractivity contribution in [1.82, 2.24) is 9.88 Å². The normalized spacial score (nSPS) is 15.9. The fourth-order valence-electron chi connectivity index (χ4n) is 4.15. The number of fused-ring (bicyclic) bond motifs is 1. The summed E-state index contributed by atoms with van der Waals surface area (Å²) in [4.78, 5) is 18.0. The number of hydrogen-bond acceptors (Lipinski definition) is 3. The summed E-state index contributed by atoms with van der Waals surface area (Å²) in [5.74, 6) is 0. The van der Waals surface area contributed by atoms with Crippen LogP contribution in [0.15, 0.2) is 53.3 Å². The lowest BCUT2D eigenvalue weighted by molar-refractivity contribution is 0.0904. The molecule has 6 heteroatoms. The van der Waals surface area contributed by atoms with Crippen LogP contribution in [-0.4, -0.2) is 34.3 Å². The number of nitrogens with one attached hydrogen (secondary N) is 2. The zero-order chi connectivity index (χ0) is 21.8. The van der Waals surface area contributed by atoms with Crippen molar-refractivity contribution in [2.24, 2.45) is 0 Å². The molecule has 2 heterocycles. The lowest BCUT2D eigenvalue weighted by Crippen LogP contribution is -2.40. The first-order valence-electron chi connectivity index (χ1n) is 10.9. The molecular formula is C25H29N3O2S. The first-order valence-corrected chi connectivity index (χ1v) is 11.3. The van der Waals surface area contributed by atoms with Crippen molar-refractivity contribution < 1.29 is 4.74 Å². The molecule has 2 N–H and O–H groups in total. The van der Waals surface area contributed by atoms with Crippen molar-refractivity contribution in [3.05, 3.63) is 75.6 Å². The Hall–Kier alpha value is -2.70. The Morgan fingerprint density at radius 1 is 1.23 bits per heavy atom. The minimum absolute atomic E-state index is 0.0732. The molecule has 31 heavy (non-hydrogen) atoms. The first-order chi connectivity index (χ1) is 15.0. The van der Waals surface area contributed by atoms with Crippen LogP contribution in [0, 0.1) is 6.92 Å². The van der Waals surface area contributed by atoms with Gasteiger partial charge in [-0.3, -0.25) is 4.79 Å². The summed E-state index contributed by atoms with van der Waals surface area (Å²) in [6.45, 7) is 6.01. The molecule has 2 aromatic carbocycles. The van der Waals surface area contributed by atoms with Gasteiger partial charge in [0.25, 0.3) is 5.56 Å². The van der Waals surface area contributed by atoms with E-state index in [1.807, 2.05) is 49.4 Å². The standard InChI is InChI=1S/C25H29N3O2S/c1-3-18-9-4-5-12-22(18)26-25(31)28(16-21-11-7-13-30-21)15-20-14-19-10-6-8-17(2)23(19)27-24(20)29/h4-6,8-10,12,14,21H,3,7,11,13,15-16H2,1-2H3,(H,26,31)(H,27,29)/t21-/m1/s1. The maximum atomic E-state index is 12.9. The van der Waals surface area contributed by atoms with Crippen molar-refractivity contribution >= 4 is 33.9 Å². The van der Waals surface area contributed by atoms with Crippen LogP contribution in [0.1, 0.15) is 36.5 Å². The molecule has 0 spiro atoms. The average Bonchev–Trinajstić information content (AvgIpc) is 3.28. The number of ether oxygens (including phenoxy) is 1. The Morgan fingerprint density at radius 3 is 2.84 bits per heavy atom. The van der Waals surface area contributed by atoms with Gasteiger partial charge < -0.3 is 19.9 Å². The van der Waals surface area contributed by atoms with Crippen LogP contribution in [0.25, 0.3) is 10.9 Å². The summed E-state index contributed by atoms with van der Waals surface area (Å²) < 4.78 is 5.87. The highest BCUT2D eigenvalue weighted by molar-refractivity contribution is 7.80. The lowest BCUT2D eigenvalue weighted by atomic mass is 10.1. The number of benzene rings is 2. The molecule has 0 radical (unpaired) electrons. The third-order valence-electron chi connectivity index (χ3n) is 5.90. The van der Waals surface area contributed by atoms with E-state index in [1.54, 1.807) is 0 Å². The van der Waals surface area contributed by atoms with Gasteiger partial charge in [-0.05, 0) is 67.0 Å². The maximum Gasteiger partial charge on any atom is 0.253 e. The SMILES string of the molecule is CCc1ccccc1NC(=S)N(Cc1cc2cccc(C)c2[nH]c1=O)C[C@H]1CCCO1. The number of thiocarbonyl (C=S) groups is 1. The van der Waals surface area contributed by atoms with Crippen molar-refractivity contribution in [2.75, 3.05) is 18.5 Å². The molecule has 0 unspecified atom stereocenters. The number of aryl methyl sites for hydroxylation is 2. The summed E-state index contributed by atoms with van der Waals surface area (Å²) in [7, 11) is 0. The second-order valence-corrected chi connectivity index (χ2v) is 8.51. The van der Waals surface area contributed by atoms with Crippen molar-refractivity contribution in [2.45, 2.75) is 45.8 Å². The third-order valence-corrected chi connectivity index (χ3v) is 6.26. The van der Waals surface area contributed by atoms with Gasteiger partial charge in [-0.1, -0.05) is 43.3 Å². The van der Waals surface area contributed by atoms with Crippen molar-refractivity contribution in [3.8, 4) is 0 Å². The van der Waals surface area contributed by atoms with Gasteiger partial charge in [-0.25, -0.2) is 0 Å². The molecular weight excluding hydrogens is 406 g/mol. The van der Waals surface area contributed by atoms with Crippen molar-refractivity contribution in [1.29, 1.82) is 0 Å². The third kappa shape index (κ3) is 4.97. The van der Waals surface area contributed by atoms with Crippen LogP contribution in [0.3, 0.4) is 0 Å². The van der Waals surface area contributed by atoms with Gasteiger partial charge in [-0.15, -0.1) is 0 Å². The molecule has 1 saturated heterocycles. The van der Waals surface area contributed by atoms with Crippen LogP contribution in [0.4, 0.5) is 5.69 Å². The highest BCUT2D eigenvalue weighted by Crippen LogP contribution is 2.20. The fraction of sp³-hybridized carbons (Fsp3) is 0.360. The number of nitrogens with zero attached hydrogens (tertiary/aromatic N) is 1. The summed E-state index contributed by atoms with van der Waals surface area (Å²) in [5, 5.41) is 5.05. The lowest BCUT2D eigenvalue weighted by Gasteiger charge is -2.28. The van der Waals surface area contributed by atoms with Crippen LogP contribution < -0.4 is 10.9 Å². The molecule has 5 nitrogen and oxygen atoms in total. The summed E-state index contributed by atoms with van der Waals surface area (Å²) in [6, 6.07) is 16.2. The van der Waals surface area contributed by atoms with Crippen LogP contribution >= 0.6 is 12.2 Å². The number of rotatable bonds is 6. The minimum atomic E-state index is -0.0732. The quantitative estimate of drug-likeness (QED) is 0.546. The Morgan fingerprint density at radius 2 is 2.06 bits per heavy atom. The van der Waals surface area contributed by atoms with Gasteiger partial charge in [0.1, 0.15) is 0 Å². The molecule has 162 valence electrons. The Bertz CT molecular complexity index is 1140. The van der Waals surface area contributed by atoms with Gasteiger partial charge >= 0.3 is 0 Å². The number of anilines is 1. The molecule has 1 aliphatic heterocycles. The van der Waals surface area contributed by atoms with Gasteiger partial charge in [0, 0.05) is 24.4 Å². The van der Waals surface area contributed by atoms with E-state index in [0.29, 0.717) is 23.8 Å². The predicted molar refractivity (Wildman–Crippen MR) is 131 cm³/mol. The molecule has 3 aromatic rings. The van der Waals surface area contributed by atoms with Gasteiger partial charge in [-0.2, -0.15) is 0 Å². The number of aromatic amines is 1. The van der Waals surface area contributed by atoms with E-state index < -0.39 is 0 Å². The first kappa shape index (κ1) is 21.5. The van der Waals surface area contributed by atoms with E-state index in [9.17, 15) is 4.79 Å². The topological polar surface area (TPSA) is 57.4 Å². The largest absolute Gasteiger partial charge is 0.376 e. The molecule has 0 bridgehead atoms. The van der Waals surface area contributed by atoms with Gasteiger partial charge in [0.05, 0.1) is 18.2 Å². The second kappa shape index (κ2) is 9.62. The van der Waals surface area contributed by atoms with Crippen molar-refractivity contribution in [3.63, 3.8) is 0 Å². The Balaban J connectivity index is 1.62.